The molecule has 1 aromatic heterocycles. The summed E-state index contributed by atoms with van der Waals surface area (Å²) in [5.41, 5.74) is 2.51. The number of rotatable bonds is 7. The second kappa shape index (κ2) is 11.8. The Labute approximate surface area is 240 Å². The molecule has 4 heterocycles. The zero-order valence-electron chi connectivity index (χ0n) is 24.4. The molecule has 6 atom stereocenters. The lowest BCUT2D eigenvalue weighted by atomic mass is 9.73. The summed E-state index contributed by atoms with van der Waals surface area (Å²) in [4.78, 5) is 21.7. The molecule has 1 aromatic carbocycles. The first kappa shape index (κ1) is 26.9. The Morgan fingerprint density at radius 1 is 0.800 bits per heavy atom. The second-order valence-corrected chi connectivity index (χ2v) is 14.2. The first-order valence-electron chi connectivity index (χ1n) is 16.8. The summed E-state index contributed by atoms with van der Waals surface area (Å²) < 4.78 is 2.70. The number of hydrogen-bond donors (Lipinski definition) is 1. The van der Waals surface area contributed by atoms with Crippen LogP contribution in [0.25, 0.3) is 11.0 Å². The zero-order chi connectivity index (χ0) is 27.1. The summed E-state index contributed by atoms with van der Waals surface area (Å²) >= 11 is 0. The number of para-hydroxylation sites is 2. The molecule has 0 radical (unpaired) electrons. The molecule has 2 saturated carbocycles. The van der Waals surface area contributed by atoms with Gasteiger partial charge >= 0.3 is 5.97 Å². The van der Waals surface area contributed by atoms with Crippen LogP contribution in [0.5, 0.6) is 0 Å². The molecule has 0 unspecified atom stereocenters. The van der Waals surface area contributed by atoms with Gasteiger partial charge in [0.1, 0.15) is 5.82 Å². The van der Waals surface area contributed by atoms with Gasteiger partial charge in [-0.05, 0) is 101 Å². The fourth-order valence-corrected chi connectivity index (χ4v) is 9.88. The topological polar surface area (TPSA) is 61.6 Å². The van der Waals surface area contributed by atoms with E-state index < -0.39 is 5.97 Å². The van der Waals surface area contributed by atoms with E-state index in [1.165, 1.54) is 93.9 Å². The Balaban J connectivity index is 1.09. The maximum atomic E-state index is 11.0. The van der Waals surface area contributed by atoms with E-state index in [2.05, 4.69) is 38.6 Å². The molecule has 3 aliphatic heterocycles. The summed E-state index contributed by atoms with van der Waals surface area (Å²) in [7, 11) is 0. The summed E-state index contributed by atoms with van der Waals surface area (Å²) in [5, 5.41) is 9.07. The number of carboxylic acids is 1. The molecule has 5 fully saturated rings. The largest absolute Gasteiger partial charge is 0.481 e. The minimum absolute atomic E-state index is 0.254. The molecule has 0 spiro atoms. The minimum Gasteiger partial charge on any atom is -0.481 e. The maximum absolute atomic E-state index is 11.0. The Morgan fingerprint density at radius 3 is 2.20 bits per heavy atom. The van der Waals surface area contributed by atoms with E-state index in [0.717, 1.165) is 62.3 Å². The fourth-order valence-electron chi connectivity index (χ4n) is 9.88. The summed E-state index contributed by atoms with van der Waals surface area (Å²) in [6.07, 6.45) is 20.8. The van der Waals surface area contributed by atoms with Gasteiger partial charge in [0.25, 0.3) is 0 Å². The molecule has 1 N–H and O–H groups in total. The number of nitrogens with zero attached hydrogens (tertiary/aromatic N) is 4. The summed E-state index contributed by atoms with van der Waals surface area (Å²) in [6.45, 7) is 2.72. The molecule has 4 bridgehead atoms. The minimum atomic E-state index is -0.687. The molecule has 40 heavy (non-hydrogen) atoms. The molecule has 2 aromatic rings. The number of aromatic nitrogens is 2. The van der Waals surface area contributed by atoms with E-state index in [-0.39, 0.29) is 6.42 Å². The van der Waals surface area contributed by atoms with E-state index in [1.54, 1.807) is 0 Å². The van der Waals surface area contributed by atoms with E-state index >= 15 is 0 Å². The van der Waals surface area contributed by atoms with E-state index in [9.17, 15) is 4.79 Å². The molecule has 2 aliphatic carbocycles. The molecule has 6 heteroatoms. The van der Waals surface area contributed by atoms with Crippen molar-refractivity contribution in [2.75, 3.05) is 19.6 Å². The average molecular weight is 547 g/mol. The lowest BCUT2D eigenvalue weighted by molar-refractivity contribution is -0.137. The van der Waals surface area contributed by atoms with Crippen LogP contribution in [0.4, 0.5) is 0 Å². The first-order valence-corrected chi connectivity index (χ1v) is 16.8. The van der Waals surface area contributed by atoms with E-state index in [1.807, 2.05) is 0 Å². The second-order valence-electron chi connectivity index (χ2n) is 14.2. The van der Waals surface area contributed by atoms with E-state index in [4.69, 9.17) is 10.1 Å². The molecular weight excluding hydrogens is 496 g/mol. The van der Waals surface area contributed by atoms with Crippen LogP contribution in [0.2, 0.25) is 0 Å². The lowest BCUT2D eigenvalue weighted by Gasteiger charge is -2.54. The van der Waals surface area contributed by atoms with Crippen LogP contribution in [0.1, 0.15) is 108 Å². The third kappa shape index (κ3) is 5.60. The predicted octanol–water partition coefficient (Wildman–Crippen LogP) is 6.68. The number of aliphatic carboxylic acids is 1. The monoisotopic (exact) mass is 546 g/mol. The highest BCUT2D eigenvalue weighted by Crippen LogP contribution is 2.47. The summed E-state index contributed by atoms with van der Waals surface area (Å²) in [6, 6.07) is 11.8. The number of carbonyl (C=O) groups is 1. The maximum Gasteiger partial charge on any atom is 0.304 e. The van der Waals surface area contributed by atoms with Gasteiger partial charge in [0.05, 0.1) is 17.5 Å². The van der Waals surface area contributed by atoms with Gasteiger partial charge < -0.3 is 14.6 Å². The number of imidazole rings is 1. The number of hydrogen-bond acceptors (Lipinski definition) is 4. The van der Waals surface area contributed by atoms with Crippen molar-refractivity contribution in [1.82, 2.24) is 19.4 Å². The Morgan fingerprint density at radius 2 is 1.50 bits per heavy atom. The molecule has 218 valence electrons. The molecule has 5 aliphatic rings. The molecule has 0 amide bonds. The van der Waals surface area contributed by atoms with Gasteiger partial charge in [0.2, 0.25) is 0 Å². The van der Waals surface area contributed by atoms with Crippen LogP contribution < -0.4 is 0 Å². The third-order valence-corrected chi connectivity index (χ3v) is 11.6. The van der Waals surface area contributed by atoms with Gasteiger partial charge in [-0.15, -0.1) is 0 Å². The van der Waals surface area contributed by atoms with Crippen LogP contribution in [-0.4, -0.2) is 68.2 Å². The Hall–Kier alpha value is -1.92. The number of benzene rings is 1. The number of piperidine rings is 3. The highest BCUT2D eigenvalue weighted by molar-refractivity contribution is 5.76. The molecule has 6 nitrogen and oxygen atoms in total. The molecule has 3 saturated heterocycles. The highest BCUT2D eigenvalue weighted by atomic mass is 16.4. The van der Waals surface area contributed by atoms with Crippen molar-refractivity contribution in [2.24, 2.45) is 17.8 Å². The van der Waals surface area contributed by atoms with Crippen LogP contribution in [0, 0.1) is 17.8 Å². The number of fused-ring (bicyclic) bond motifs is 5. The predicted molar refractivity (Wildman–Crippen MR) is 159 cm³/mol. The van der Waals surface area contributed by atoms with Crippen LogP contribution >= 0.6 is 0 Å². The van der Waals surface area contributed by atoms with Crippen molar-refractivity contribution in [3.05, 3.63) is 30.1 Å². The van der Waals surface area contributed by atoms with Crippen LogP contribution in [0.15, 0.2) is 24.3 Å². The number of carboxylic acid groups (broad SMARTS) is 1. The van der Waals surface area contributed by atoms with Gasteiger partial charge in [0, 0.05) is 37.1 Å². The van der Waals surface area contributed by atoms with E-state index in [0.29, 0.717) is 18.5 Å². The standard InChI is InChI=1S/C34H50N4O2/c39-34(40)14-17-36-15-12-24(13-16-36)21-33-35-31-10-3-4-11-32(31)38(33)30-22-27-8-5-9-28(23-30)37(27)29-19-25-6-1-2-7-26(18-25)20-29/h3-4,10-11,24-30H,1-2,5-9,12-23H2,(H,39,40)/t25-,26+,27-,28+,29-,30-. The van der Waals surface area contributed by atoms with Crippen LogP contribution in [-0.2, 0) is 11.2 Å². The molecular formula is C34H50N4O2. The zero-order valence-corrected chi connectivity index (χ0v) is 24.4. The van der Waals surface area contributed by atoms with Crippen molar-refractivity contribution in [2.45, 2.75) is 127 Å². The van der Waals surface area contributed by atoms with Gasteiger partial charge in [-0.2, -0.15) is 0 Å². The third-order valence-electron chi connectivity index (χ3n) is 11.6. The number of likely N-dealkylation sites (tertiary alicyclic amines) is 1. The van der Waals surface area contributed by atoms with Gasteiger partial charge in [0.15, 0.2) is 0 Å². The highest BCUT2D eigenvalue weighted by Gasteiger charge is 2.45. The van der Waals surface area contributed by atoms with Crippen LogP contribution in [0.3, 0.4) is 0 Å². The van der Waals surface area contributed by atoms with Crippen molar-refractivity contribution in [1.29, 1.82) is 0 Å². The van der Waals surface area contributed by atoms with Crippen molar-refractivity contribution in [3.8, 4) is 0 Å². The quantitative estimate of drug-likeness (QED) is 0.420. The average Bonchev–Trinajstić information content (AvgIpc) is 3.22. The van der Waals surface area contributed by atoms with Gasteiger partial charge in [-0.25, -0.2) is 4.98 Å². The smallest absolute Gasteiger partial charge is 0.304 e. The first-order chi connectivity index (χ1) is 19.6. The van der Waals surface area contributed by atoms with Crippen molar-refractivity contribution in [3.63, 3.8) is 0 Å². The fraction of sp³-hybridized carbons (Fsp3) is 0.765. The lowest BCUT2D eigenvalue weighted by Crippen LogP contribution is -2.58. The normalized spacial score (nSPS) is 34.1. The van der Waals surface area contributed by atoms with Crippen molar-refractivity contribution < 1.29 is 9.90 Å². The Bertz CT molecular complexity index is 1140. The SMILES string of the molecule is O=C(O)CCN1CCC(Cc2nc3ccccc3n2[C@@H]2C[C@H]3CCC[C@@H](C2)N3[C@@H]2C[C@@H]3CCCC[C@@H](C3)C2)CC1. The summed E-state index contributed by atoms with van der Waals surface area (Å²) in [5.74, 6) is 3.24. The van der Waals surface area contributed by atoms with Gasteiger partial charge in [-0.3, -0.25) is 9.69 Å². The van der Waals surface area contributed by atoms with Gasteiger partial charge in [-0.1, -0.05) is 44.2 Å². The Kier molecular flexibility index (Phi) is 7.92. The molecule has 7 rings (SSSR count). The van der Waals surface area contributed by atoms with Crippen molar-refractivity contribution >= 4 is 17.0 Å².